The molecule has 1 aromatic carbocycles. The summed E-state index contributed by atoms with van der Waals surface area (Å²) in [7, 11) is 0. The number of hydrogen-bond acceptors (Lipinski definition) is 3. The lowest BCUT2D eigenvalue weighted by Gasteiger charge is -2.55. The molecule has 2 saturated carbocycles. The van der Waals surface area contributed by atoms with E-state index in [4.69, 9.17) is 0 Å². The minimum atomic E-state index is -2.79. The van der Waals surface area contributed by atoms with Crippen LogP contribution in [0.15, 0.2) is 24.3 Å². The van der Waals surface area contributed by atoms with Crippen LogP contribution in [0.3, 0.4) is 0 Å². The van der Waals surface area contributed by atoms with Crippen LogP contribution >= 0.6 is 0 Å². The number of alkyl halides is 2. The third-order valence-corrected chi connectivity index (χ3v) is 6.90. The zero-order valence-electron chi connectivity index (χ0n) is 16.4. The van der Waals surface area contributed by atoms with E-state index < -0.39 is 12.2 Å². The molecule has 4 nitrogen and oxygen atoms in total. The highest BCUT2D eigenvalue weighted by Gasteiger charge is 2.51. The molecule has 0 bridgehead atoms. The van der Waals surface area contributed by atoms with Crippen LogP contribution in [0.4, 0.5) is 8.78 Å². The van der Waals surface area contributed by atoms with Gasteiger partial charge in [0.15, 0.2) is 0 Å². The lowest BCUT2D eigenvalue weighted by Crippen LogP contribution is -2.62. The maximum Gasteiger partial charge on any atom is 0.387 e. The average Bonchev–Trinajstić information content (AvgIpc) is 2.57. The van der Waals surface area contributed by atoms with Crippen LogP contribution in [-0.4, -0.2) is 41.2 Å². The van der Waals surface area contributed by atoms with Gasteiger partial charge in [0.25, 0.3) is 0 Å². The topological polar surface area (TPSA) is 49.8 Å². The summed E-state index contributed by atoms with van der Waals surface area (Å²) in [6.45, 7) is 0.717. The third kappa shape index (κ3) is 4.17. The van der Waals surface area contributed by atoms with Gasteiger partial charge in [-0.15, -0.1) is 0 Å². The number of benzene rings is 1. The molecule has 1 amide bonds. The molecule has 1 aliphatic heterocycles. The molecule has 2 aliphatic carbocycles. The Balaban J connectivity index is 1.23. The number of carbonyl (C=O) groups excluding carboxylic acids is 1. The third-order valence-electron chi connectivity index (χ3n) is 6.90. The van der Waals surface area contributed by atoms with Crippen LogP contribution < -0.4 is 4.74 Å². The van der Waals surface area contributed by atoms with Gasteiger partial charge in [-0.3, -0.25) is 4.79 Å². The van der Waals surface area contributed by atoms with Crippen molar-refractivity contribution in [3.8, 4) is 5.75 Å². The van der Waals surface area contributed by atoms with E-state index in [-0.39, 0.29) is 23.0 Å². The highest BCUT2D eigenvalue weighted by molar-refractivity contribution is 5.81. The first-order chi connectivity index (χ1) is 13.2. The normalized spacial score (nSPS) is 29.5. The molecule has 1 aromatic rings. The Morgan fingerprint density at radius 1 is 1.29 bits per heavy atom. The van der Waals surface area contributed by atoms with Gasteiger partial charge in [-0.05, 0) is 75.5 Å². The van der Waals surface area contributed by atoms with Gasteiger partial charge in [-0.1, -0.05) is 12.1 Å². The van der Waals surface area contributed by atoms with Crippen molar-refractivity contribution >= 4 is 5.91 Å². The maximum absolute atomic E-state index is 12.5. The van der Waals surface area contributed by atoms with Crippen LogP contribution in [0.2, 0.25) is 0 Å². The van der Waals surface area contributed by atoms with Gasteiger partial charge >= 0.3 is 6.61 Å². The van der Waals surface area contributed by atoms with Gasteiger partial charge in [0.2, 0.25) is 5.91 Å². The van der Waals surface area contributed by atoms with Crippen molar-refractivity contribution < 1.29 is 23.4 Å². The fourth-order valence-corrected chi connectivity index (χ4v) is 5.35. The largest absolute Gasteiger partial charge is 0.435 e. The maximum atomic E-state index is 12.5. The lowest BCUT2D eigenvalue weighted by molar-refractivity contribution is -0.163. The van der Waals surface area contributed by atoms with Gasteiger partial charge in [0.05, 0.1) is 5.60 Å². The van der Waals surface area contributed by atoms with Gasteiger partial charge < -0.3 is 14.7 Å². The van der Waals surface area contributed by atoms with Crippen molar-refractivity contribution in [2.24, 2.45) is 17.3 Å². The smallest absolute Gasteiger partial charge is 0.387 e. The monoisotopic (exact) mass is 393 g/mol. The van der Waals surface area contributed by atoms with Crippen molar-refractivity contribution in [2.45, 2.75) is 64.1 Å². The molecule has 1 heterocycles. The van der Waals surface area contributed by atoms with Gasteiger partial charge in [0, 0.05) is 24.4 Å². The van der Waals surface area contributed by atoms with E-state index in [0.29, 0.717) is 18.8 Å². The second-order valence-electron chi connectivity index (χ2n) is 9.47. The number of ether oxygens (including phenoxy) is 1. The average molecular weight is 393 g/mol. The molecule has 0 aromatic heterocycles. The van der Waals surface area contributed by atoms with Crippen molar-refractivity contribution in [3.63, 3.8) is 0 Å². The van der Waals surface area contributed by atoms with Gasteiger partial charge in [-0.25, -0.2) is 0 Å². The number of nitrogens with zero attached hydrogens (tertiary/aromatic N) is 1. The second-order valence-corrected chi connectivity index (χ2v) is 9.47. The molecule has 4 rings (SSSR count). The van der Waals surface area contributed by atoms with E-state index >= 15 is 0 Å². The summed E-state index contributed by atoms with van der Waals surface area (Å²) in [5, 5.41) is 9.84. The zero-order chi connectivity index (χ0) is 19.9. The molecule has 1 saturated heterocycles. The lowest BCUT2D eigenvalue weighted by atomic mass is 9.64. The van der Waals surface area contributed by atoms with Crippen LogP contribution in [0, 0.1) is 17.3 Å². The summed E-state index contributed by atoms with van der Waals surface area (Å²) in [6.07, 6.45) is 6.53. The highest BCUT2D eigenvalue weighted by Crippen LogP contribution is 2.48. The zero-order valence-corrected chi connectivity index (χ0v) is 16.4. The fourth-order valence-electron chi connectivity index (χ4n) is 5.35. The summed E-state index contributed by atoms with van der Waals surface area (Å²) in [5.41, 5.74) is 0.666. The fraction of sp³-hybridized carbons (Fsp3) is 0.682. The molecular formula is C22H29F2NO3. The van der Waals surface area contributed by atoms with E-state index in [1.165, 1.54) is 0 Å². The standard InChI is InChI=1S/C22H29F2NO3/c1-21(27)11-17(12-21)19(26)25-13-22(14-25)7-5-15(6-8-22)9-16-3-2-4-18(10-16)28-20(23)24/h2-4,10,15,17,20,27H,5-9,11-14H2,1H3. The quantitative estimate of drug-likeness (QED) is 0.822. The molecule has 0 unspecified atom stereocenters. The molecule has 1 spiro atoms. The number of amides is 1. The minimum absolute atomic E-state index is 0.00595. The Bertz CT molecular complexity index is 712. The Morgan fingerprint density at radius 3 is 2.57 bits per heavy atom. The molecule has 3 aliphatic rings. The van der Waals surface area contributed by atoms with Crippen molar-refractivity contribution in [3.05, 3.63) is 29.8 Å². The predicted octanol–water partition coefficient (Wildman–Crippen LogP) is 4.01. The summed E-state index contributed by atoms with van der Waals surface area (Å²) >= 11 is 0. The number of rotatable bonds is 5. The Morgan fingerprint density at radius 2 is 1.96 bits per heavy atom. The van der Waals surface area contributed by atoms with Crippen molar-refractivity contribution in [2.75, 3.05) is 13.1 Å². The van der Waals surface area contributed by atoms with E-state index in [9.17, 15) is 18.7 Å². The number of aliphatic hydroxyl groups is 1. The molecule has 0 atom stereocenters. The van der Waals surface area contributed by atoms with Crippen molar-refractivity contribution in [1.29, 1.82) is 0 Å². The molecule has 28 heavy (non-hydrogen) atoms. The SMILES string of the molecule is CC1(O)CC(C(=O)N2CC3(CCC(Cc4cccc(OC(F)F)c4)CC3)C2)C1. The Kier molecular flexibility index (Phi) is 5.10. The summed E-state index contributed by atoms with van der Waals surface area (Å²) in [4.78, 5) is 14.5. The Hall–Kier alpha value is -1.69. The molecule has 154 valence electrons. The highest BCUT2D eigenvalue weighted by atomic mass is 19.3. The van der Waals surface area contributed by atoms with E-state index in [1.807, 2.05) is 11.0 Å². The molecule has 6 heteroatoms. The van der Waals surface area contributed by atoms with Crippen molar-refractivity contribution in [1.82, 2.24) is 4.90 Å². The van der Waals surface area contributed by atoms with E-state index in [2.05, 4.69) is 4.74 Å². The minimum Gasteiger partial charge on any atom is -0.435 e. The Labute approximate surface area is 164 Å². The first-order valence-corrected chi connectivity index (χ1v) is 10.3. The summed E-state index contributed by atoms with van der Waals surface area (Å²) < 4.78 is 29.3. The molecule has 3 fully saturated rings. The first-order valence-electron chi connectivity index (χ1n) is 10.3. The van der Waals surface area contributed by atoms with Gasteiger partial charge in [-0.2, -0.15) is 8.78 Å². The van der Waals surface area contributed by atoms with E-state index in [0.717, 1.165) is 50.8 Å². The molecular weight excluding hydrogens is 364 g/mol. The number of carbonyl (C=O) groups is 1. The van der Waals surface area contributed by atoms with Crippen LogP contribution in [0.5, 0.6) is 5.75 Å². The van der Waals surface area contributed by atoms with Crippen LogP contribution in [-0.2, 0) is 11.2 Å². The molecule has 1 N–H and O–H groups in total. The first kappa shape index (κ1) is 19.6. The molecule has 0 radical (unpaired) electrons. The van der Waals surface area contributed by atoms with Crippen LogP contribution in [0.1, 0.15) is 51.0 Å². The summed E-state index contributed by atoms with van der Waals surface area (Å²) in [6, 6.07) is 7.02. The number of hydrogen-bond donors (Lipinski definition) is 1. The summed E-state index contributed by atoms with van der Waals surface area (Å²) in [5.74, 6) is 1.00. The van der Waals surface area contributed by atoms with E-state index in [1.54, 1.807) is 25.1 Å². The second kappa shape index (κ2) is 7.29. The van der Waals surface area contributed by atoms with Gasteiger partial charge in [0.1, 0.15) is 5.75 Å². The van der Waals surface area contributed by atoms with Crippen LogP contribution in [0.25, 0.3) is 0 Å². The predicted molar refractivity (Wildman–Crippen MR) is 101 cm³/mol. The number of likely N-dealkylation sites (tertiary alicyclic amines) is 1. The number of halogens is 2.